The van der Waals surface area contributed by atoms with Gasteiger partial charge >= 0.3 is 0 Å². The van der Waals surface area contributed by atoms with Crippen LogP contribution in [0.2, 0.25) is 0 Å². The van der Waals surface area contributed by atoms with Gasteiger partial charge in [-0.2, -0.15) is 0 Å². The number of amides is 1. The predicted octanol–water partition coefficient (Wildman–Crippen LogP) is 4.43. The van der Waals surface area contributed by atoms with Crippen molar-refractivity contribution in [1.82, 2.24) is 10.3 Å². The highest BCUT2D eigenvalue weighted by Gasteiger charge is 2.15. The number of benzene rings is 2. The molecule has 3 aromatic rings. The number of hydrogen-bond acceptors (Lipinski definition) is 4. The molecule has 2 aromatic carbocycles. The number of carbonyl (C=O) groups is 2. The van der Waals surface area contributed by atoms with Crippen LogP contribution in [0.3, 0.4) is 0 Å². The summed E-state index contributed by atoms with van der Waals surface area (Å²) in [6.07, 6.45) is 5.32. The molecule has 1 amide bonds. The second-order valence-electron chi connectivity index (χ2n) is 7.78. The fourth-order valence-corrected chi connectivity index (χ4v) is 3.81. The zero-order chi connectivity index (χ0) is 21.5. The molecule has 158 valence electrons. The van der Waals surface area contributed by atoms with Gasteiger partial charge in [0.05, 0.1) is 0 Å². The largest absolute Gasteiger partial charge is 0.473 e. The molecular formula is C26H26N2O3. The molecule has 1 aromatic heterocycles. The van der Waals surface area contributed by atoms with Gasteiger partial charge < -0.3 is 10.1 Å². The Morgan fingerprint density at radius 3 is 2.65 bits per heavy atom. The average Bonchev–Trinajstić information content (AvgIpc) is 3.29. The van der Waals surface area contributed by atoms with Gasteiger partial charge in [0.2, 0.25) is 11.8 Å². The molecule has 0 atom stereocenters. The standard InChI is InChI=1S/C26H26N2O3/c29-24(22-12-11-20-8-4-9-21(20)16-22)13-14-25(30)28-17-23-10-5-15-27-26(23)31-18-19-6-2-1-3-7-19/h1-3,5-7,10-12,15-16H,4,8-9,13-14,17-18H2,(H,28,30). The topological polar surface area (TPSA) is 68.3 Å². The van der Waals surface area contributed by atoms with Crippen molar-refractivity contribution in [3.63, 3.8) is 0 Å². The van der Waals surface area contributed by atoms with Crippen LogP contribution in [0.4, 0.5) is 0 Å². The Morgan fingerprint density at radius 1 is 0.935 bits per heavy atom. The van der Waals surface area contributed by atoms with Gasteiger partial charge in [0, 0.05) is 36.7 Å². The maximum atomic E-state index is 12.5. The quantitative estimate of drug-likeness (QED) is 0.526. The van der Waals surface area contributed by atoms with E-state index >= 15 is 0 Å². The lowest BCUT2D eigenvalue weighted by Crippen LogP contribution is -2.23. The summed E-state index contributed by atoms with van der Waals surface area (Å²) in [4.78, 5) is 29.1. The van der Waals surface area contributed by atoms with Crippen molar-refractivity contribution in [3.05, 3.63) is 94.7 Å². The first-order chi connectivity index (χ1) is 15.2. The second kappa shape index (κ2) is 10.0. The highest BCUT2D eigenvalue weighted by atomic mass is 16.5. The number of hydrogen-bond donors (Lipinski definition) is 1. The Bertz CT molecular complexity index is 1060. The molecule has 0 saturated carbocycles. The van der Waals surface area contributed by atoms with E-state index in [0.717, 1.165) is 30.4 Å². The van der Waals surface area contributed by atoms with Crippen molar-refractivity contribution in [2.24, 2.45) is 0 Å². The smallest absolute Gasteiger partial charge is 0.220 e. The number of aromatic nitrogens is 1. The van der Waals surface area contributed by atoms with Crippen LogP contribution in [0.1, 0.15) is 51.9 Å². The fraction of sp³-hybridized carbons (Fsp3) is 0.269. The summed E-state index contributed by atoms with van der Waals surface area (Å²) in [7, 11) is 0. The van der Waals surface area contributed by atoms with E-state index in [4.69, 9.17) is 4.74 Å². The summed E-state index contributed by atoms with van der Waals surface area (Å²) < 4.78 is 5.83. The minimum atomic E-state index is -0.160. The summed E-state index contributed by atoms with van der Waals surface area (Å²) in [6.45, 7) is 0.720. The van der Waals surface area contributed by atoms with Crippen molar-refractivity contribution in [2.75, 3.05) is 0 Å². The molecule has 5 nitrogen and oxygen atoms in total. The number of ketones is 1. The van der Waals surface area contributed by atoms with Gasteiger partial charge in [0.15, 0.2) is 5.78 Å². The molecule has 0 fully saturated rings. The molecule has 0 spiro atoms. The Morgan fingerprint density at radius 2 is 1.77 bits per heavy atom. The SMILES string of the molecule is O=C(CCC(=O)c1ccc2c(c1)CCC2)NCc1cccnc1OCc1ccccc1. The minimum absolute atomic E-state index is 0.0121. The van der Waals surface area contributed by atoms with E-state index in [-0.39, 0.29) is 24.5 Å². The van der Waals surface area contributed by atoms with Crippen LogP contribution in [0.5, 0.6) is 5.88 Å². The molecule has 0 bridgehead atoms. The zero-order valence-electron chi connectivity index (χ0n) is 17.5. The van der Waals surface area contributed by atoms with Crippen LogP contribution in [0, 0.1) is 0 Å². The van der Waals surface area contributed by atoms with Gasteiger partial charge in [-0.05, 0) is 48.1 Å². The van der Waals surface area contributed by atoms with E-state index in [9.17, 15) is 9.59 Å². The first-order valence-electron chi connectivity index (χ1n) is 10.7. The minimum Gasteiger partial charge on any atom is -0.473 e. The monoisotopic (exact) mass is 414 g/mol. The van der Waals surface area contributed by atoms with Crippen LogP contribution >= 0.6 is 0 Å². The van der Waals surface area contributed by atoms with Gasteiger partial charge in [0.1, 0.15) is 6.61 Å². The number of nitrogens with zero attached hydrogens (tertiary/aromatic N) is 1. The lowest BCUT2D eigenvalue weighted by molar-refractivity contribution is -0.121. The molecule has 4 rings (SSSR count). The second-order valence-corrected chi connectivity index (χ2v) is 7.78. The lowest BCUT2D eigenvalue weighted by Gasteiger charge is -2.11. The van der Waals surface area contributed by atoms with Crippen molar-refractivity contribution >= 4 is 11.7 Å². The number of ether oxygens (including phenoxy) is 1. The third-order valence-electron chi connectivity index (χ3n) is 5.54. The van der Waals surface area contributed by atoms with Crippen molar-refractivity contribution in [2.45, 2.75) is 45.3 Å². The summed E-state index contributed by atoms with van der Waals surface area (Å²) in [5.41, 5.74) is 5.17. The van der Waals surface area contributed by atoms with E-state index in [1.807, 2.05) is 54.6 Å². The van der Waals surface area contributed by atoms with Crippen LogP contribution in [-0.2, 0) is 30.8 Å². The fourth-order valence-electron chi connectivity index (χ4n) is 3.81. The van der Waals surface area contributed by atoms with Gasteiger partial charge in [-0.25, -0.2) is 4.98 Å². The van der Waals surface area contributed by atoms with Gasteiger partial charge in [0.25, 0.3) is 0 Å². The molecule has 0 saturated heterocycles. The van der Waals surface area contributed by atoms with Gasteiger partial charge in [-0.1, -0.05) is 48.5 Å². The van der Waals surface area contributed by atoms with Gasteiger partial charge in [-0.15, -0.1) is 0 Å². The maximum Gasteiger partial charge on any atom is 0.220 e. The molecule has 1 heterocycles. The Balaban J connectivity index is 1.26. The highest BCUT2D eigenvalue weighted by Crippen LogP contribution is 2.23. The van der Waals surface area contributed by atoms with E-state index in [0.29, 0.717) is 24.6 Å². The van der Waals surface area contributed by atoms with Crippen LogP contribution in [0.15, 0.2) is 66.9 Å². The van der Waals surface area contributed by atoms with E-state index in [1.165, 1.54) is 11.1 Å². The highest BCUT2D eigenvalue weighted by molar-refractivity contribution is 5.98. The zero-order valence-corrected chi connectivity index (χ0v) is 17.5. The molecule has 0 radical (unpaired) electrons. The van der Waals surface area contributed by atoms with E-state index in [1.54, 1.807) is 6.20 Å². The third kappa shape index (κ3) is 5.57. The number of carbonyl (C=O) groups excluding carboxylic acids is 2. The molecule has 31 heavy (non-hydrogen) atoms. The number of Topliss-reactive ketones (excluding diaryl/α,β-unsaturated/α-hetero) is 1. The molecule has 0 unspecified atom stereocenters. The normalized spacial score (nSPS) is 12.3. The summed E-state index contributed by atoms with van der Waals surface area (Å²) in [5.74, 6) is 0.353. The first kappa shape index (κ1) is 20.8. The number of pyridine rings is 1. The summed E-state index contributed by atoms with van der Waals surface area (Å²) in [5, 5.41) is 2.87. The lowest BCUT2D eigenvalue weighted by atomic mass is 10.0. The third-order valence-corrected chi connectivity index (χ3v) is 5.54. The van der Waals surface area contributed by atoms with Crippen LogP contribution < -0.4 is 10.1 Å². The van der Waals surface area contributed by atoms with Crippen molar-refractivity contribution in [1.29, 1.82) is 0 Å². The van der Waals surface area contributed by atoms with Crippen molar-refractivity contribution < 1.29 is 14.3 Å². The number of aryl methyl sites for hydroxylation is 2. The molecule has 1 aliphatic carbocycles. The Labute approximate surface area is 182 Å². The Kier molecular flexibility index (Phi) is 6.72. The van der Waals surface area contributed by atoms with E-state index in [2.05, 4.69) is 16.4 Å². The van der Waals surface area contributed by atoms with Crippen LogP contribution in [-0.4, -0.2) is 16.7 Å². The van der Waals surface area contributed by atoms with E-state index < -0.39 is 0 Å². The summed E-state index contributed by atoms with van der Waals surface area (Å²) in [6, 6.07) is 19.5. The predicted molar refractivity (Wildman–Crippen MR) is 119 cm³/mol. The first-order valence-corrected chi connectivity index (χ1v) is 10.7. The number of fused-ring (bicyclic) bond motifs is 1. The Hall–Kier alpha value is -3.47. The molecule has 1 N–H and O–H groups in total. The molecule has 0 aliphatic heterocycles. The van der Waals surface area contributed by atoms with Crippen LogP contribution in [0.25, 0.3) is 0 Å². The number of rotatable bonds is 9. The maximum absolute atomic E-state index is 12.5. The molecule has 5 heteroatoms. The van der Waals surface area contributed by atoms with Crippen molar-refractivity contribution in [3.8, 4) is 5.88 Å². The molecule has 1 aliphatic rings. The van der Waals surface area contributed by atoms with Gasteiger partial charge in [-0.3, -0.25) is 9.59 Å². The molecular weight excluding hydrogens is 388 g/mol. The summed E-state index contributed by atoms with van der Waals surface area (Å²) >= 11 is 0. The number of nitrogens with one attached hydrogen (secondary N) is 1. The average molecular weight is 415 g/mol.